The minimum atomic E-state index is -0.0911. The summed E-state index contributed by atoms with van der Waals surface area (Å²) in [4.78, 5) is 36.7. The van der Waals surface area contributed by atoms with Gasteiger partial charge in [0.25, 0.3) is 11.8 Å². The number of aromatic amines is 1. The highest BCUT2D eigenvalue weighted by Gasteiger charge is 2.29. The predicted octanol–water partition coefficient (Wildman–Crippen LogP) is 5.36. The van der Waals surface area contributed by atoms with Gasteiger partial charge in [0, 0.05) is 72.5 Å². The molecule has 0 unspecified atom stereocenters. The number of aromatic nitrogens is 3. The maximum Gasteiger partial charge on any atom is 0.256 e. The van der Waals surface area contributed by atoms with E-state index in [-0.39, 0.29) is 17.7 Å². The number of para-hydroxylation sites is 2. The lowest BCUT2D eigenvalue weighted by atomic mass is 9.89. The van der Waals surface area contributed by atoms with E-state index in [9.17, 15) is 9.59 Å². The number of H-pyrrole nitrogens is 1. The molecule has 39 heavy (non-hydrogen) atoms. The van der Waals surface area contributed by atoms with E-state index in [0.29, 0.717) is 25.2 Å². The zero-order valence-electron chi connectivity index (χ0n) is 22.4. The van der Waals surface area contributed by atoms with E-state index in [1.54, 1.807) is 0 Å². The van der Waals surface area contributed by atoms with Crippen molar-refractivity contribution >= 4 is 33.6 Å². The molecular formula is C32H33N5O2. The third-order valence-electron chi connectivity index (χ3n) is 7.96. The lowest BCUT2D eigenvalue weighted by Gasteiger charge is -2.32. The average molecular weight is 520 g/mol. The van der Waals surface area contributed by atoms with E-state index in [4.69, 9.17) is 4.98 Å². The van der Waals surface area contributed by atoms with Crippen molar-refractivity contribution in [3.8, 4) is 0 Å². The Balaban J connectivity index is 1.12. The summed E-state index contributed by atoms with van der Waals surface area (Å²) < 4.78 is 2.01. The summed E-state index contributed by atoms with van der Waals surface area (Å²) in [6.45, 7) is 3.79. The molecule has 1 saturated heterocycles. The number of piperidine rings is 1. The Morgan fingerprint density at radius 1 is 0.974 bits per heavy atom. The zero-order valence-corrected chi connectivity index (χ0v) is 22.4. The van der Waals surface area contributed by atoms with E-state index in [1.165, 1.54) is 10.9 Å². The molecule has 0 aliphatic carbocycles. The number of nitrogens with one attached hydrogen (secondary N) is 2. The minimum Gasteiger partial charge on any atom is -0.361 e. The van der Waals surface area contributed by atoms with E-state index >= 15 is 0 Å². The Kier molecular flexibility index (Phi) is 6.65. The maximum atomic E-state index is 13.4. The molecule has 4 heterocycles. The van der Waals surface area contributed by atoms with Gasteiger partial charge in [-0.2, -0.15) is 0 Å². The Morgan fingerprint density at radius 2 is 1.72 bits per heavy atom. The van der Waals surface area contributed by atoms with Gasteiger partial charge in [-0.3, -0.25) is 14.6 Å². The highest BCUT2D eigenvalue weighted by atomic mass is 16.2. The fourth-order valence-corrected chi connectivity index (χ4v) is 5.86. The standard InChI is InChI=1S/C32H33N5O2/c1-21-11-12-26(31(38)33-16-13-23-19-34-28-9-5-3-7-24(23)28)30(35-21)22-14-17-37(18-15-22)32(39)27-20-36(2)29-10-6-4-8-25(27)29/h3-12,19-20,22,34H,13-18H2,1-2H3,(H,33,38). The number of hydrogen-bond acceptors (Lipinski definition) is 3. The lowest BCUT2D eigenvalue weighted by molar-refractivity contribution is 0.0712. The molecule has 2 N–H and O–H groups in total. The van der Waals surface area contributed by atoms with Crippen LogP contribution in [0.25, 0.3) is 21.8 Å². The van der Waals surface area contributed by atoms with Gasteiger partial charge in [0.05, 0.1) is 16.8 Å². The molecule has 0 spiro atoms. The number of nitrogens with zero attached hydrogens (tertiary/aromatic N) is 3. The second kappa shape index (κ2) is 10.4. The summed E-state index contributed by atoms with van der Waals surface area (Å²) in [6, 6.07) is 20.0. The molecule has 0 radical (unpaired) electrons. The molecule has 6 rings (SSSR count). The SMILES string of the molecule is Cc1ccc(C(=O)NCCc2c[nH]c3ccccc23)c(C2CCN(C(=O)c3cn(C)c4ccccc34)CC2)n1. The Hall–Kier alpha value is -4.39. The molecule has 7 nitrogen and oxygen atoms in total. The topological polar surface area (TPSA) is 83.0 Å². The summed E-state index contributed by atoms with van der Waals surface area (Å²) in [5.41, 5.74) is 6.48. The van der Waals surface area contributed by atoms with Crippen molar-refractivity contribution in [3.63, 3.8) is 0 Å². The summed E-state index contributed by atoms with van der Waals surface area (Å²) in [7, 11) is 1.97. The lowest BCUT2D eigenvalue weighted by Crippen LogP contribution is -2.38. The predicted molar refractivity (Wildman–Crippen MR) is 154 cm³/mol. The quantitative estimate of drug-likeness (QED) is 0.317. The molecule has 7 heteroatoms. The van der Waals surface area contributed by atoms with Crippen LogP contribution >= 0.6 is 0 Å². The van der Waals surface area contributed by atoms with Crippen LogP contribution in [0.1, 0.15) is 56.4 Å². The number of pyridine rings is 1. The molecule has 2 aromatic carbocycles. The van der Waals surface area contributed by atoms with Crippen LogP contribution < -0.4 is 5.32 Å². The highest BCUT2D eigenvalue weighted by molar-refractivity contribution is 6.07. The number of rotatable bonds is 6. The zero-order chi connectivity index (χ0) is 26.9. The summed E-state index contributed by atoms with van der Waals surface area (Å²) in [5, 5.41) is 5.28. The number of likely N-dealkylation sites (tertiary alicyclic amines) is 1. The first-order valence-corrected chi connectivity index (χ1v) is 13.6. The Labute approximate surface area is 227 Å². The molecule has 198 valence electrons. The molecule has 1 aliphatic rings. The van der Waals surface area contributed by atoms with Crippen LogP contribution in [-0.4, -0.2) is 50.9 Å². The molecule has 1 aliphatic heterocycles. The third-order valence-corrected chi connectivity index (χ3v) is 7.96. The largest absolute Gasteiger partial charge is 0.361 e. The first-order valence-electron chi connectivity index (χ1n) is 13.6. The molecule has 0 atom stereocenters. The monoisotopic (exact) mass is 519 g/mol. The molecule has 3 aromatic heterocycles. The molecular weight excluding hydrogens is 486 g/mol. The second-order valence-electron chi connectivity index (χ2n) is 10.5. The summed E-state index contributed by atoms with van der Waals surface area (Å²) in [6.07, 6.45) is 6.26. The van der Waals surface area contributed by atoms with E-state index in [2.05, 4.69) is 22.4 Å². The molecule has 2 amide bonds. The fourth-order valence-electron chi connectivity index (χ4n) is 5.86. The van der Waals surface area contributed by atoms with Crippen LogP contribution in [0, 0.1) is 6.92 Å². The number of benzene rings is 2. The van der Waals surface area contributed by atoms with Gasteiger partial charge in [-0.05, 0) is 56.0 Å². The van der Waals surface area contributed by atoms with Crippen molar-refractivity contribution in [1.29, 1.82) is 0 Å². The van der Waals surface area contributed by atoms with E-state index < -0.39 is 0 Å². The van der Waals surface area contributed by atoms with Crippen molar-refractivity contribution in [2.45, 2.75) is 32.1 Å². The molecule has 0 bridgehead atoms. The maximum absolute atomic E-state index is 13.4. The van der Waals surface area contributed by atoms with E-state index in [1.807, 2.05) is 84.4 Å². The van der Waals surface area contributed by atoms with Gasteiger partial charge in [0.1, 0.15) is 0 Å². The van der Waals surface area contributed by atoms with E-state index in [0.717, 1.165) is 52.6 Å². The summed E-state index contributed by atoms with van der Waals surface area (Å²) >= 11 is 0. The number of carbonyl (C=O) groups is 2. The average Bonchev–Trinajstić information content (AvgIpc) is 3.53. The number of amides is 2. The molecule has 5 aromatic rings. The van der Waals surface area contributed by atoms with Crippen LogP contribution in [0.15, 0.2) is 73.1 Å². The van der Waals surface area contributed by atoms with Gasteiger partial charge < -0.3 is 19.8 Å². The van der Waals surface area contributed by atoms with Crippen LogP contribution in [0.2, 0.25) is 0 Å². The van der Waals surface area contributed by atoms with Crippen LogP contribution in [0.3, 0.4) is 0 Å². The van der Waals surface area contributed by atoms with Crippen molar-refractivity contribution in [1.82, 2.24) is 24.8 Å². The van der Waals surface area contributed by atoms with Gasteiger partial charge in [-0.1, -0.05) is 36.4 Å². The Bertz CT molecular complexity index is 1670. The van der Waals surface area contributed by atoms with Crippen molar-refractivity contribution in [3.05, 3.63) is 101 Å². The normalized spacial score (nSPS) is 14.3. The van der Waals surface area contributed by atoms with Crippen molar-refractivity contribution in [2.75, 3.05) is 19.6 Å². The molecule has 0 saturated carbocycles. The minimum absolute atomic E-state index is 0.0673. The molecule has 1 fully saturated rings. The number of aryl methyl sites for hydroxylation is 2. The van der Waals surface area contributed by atoms with Crippen molar-refractivity contribution < 1.29 is 9.59 Å². The first kappa shape index (κ1) is 24.9. The number of fused-ring (bicyclic) bond motifs is 2. The first-order chi connectivity index (χ1) is 19.0. The van der Waals surface area contributed by atoms with Gasteiger partial charge >= 0.3 is 0 Å². The highest BCUT2D eigenvalue weighted by Crippen LogP contribution is 2.31. The van der Waals surface area contributed by atoms with Gasteiger partial charge in [0.2, 0.25) is 0 Å². The Morgan fingerprint density at radius 3 is 2.54 bits per heavy atom. The van der Waals surface area contributed by atoms with Crippen LogP contribution in [0.5, 0.6) is 0 Å². The van der Waals surface area contributed by atoms with Crippen molar-refractivity contribution in [2.24, 2.45) is 7.05 Å². The van der Waals surface area contributed by atoms with Gasteiger partial charge in [-0.25, -0.2) is 0 Å². The number of hydrogen-bond donors (Lipinski definition) is 2. The summed E-state index contributed by atoms with van der Waals surface area (Å²) in [5.74, 6) is 0.111. The second-order valence-corrected chi connectivity index (χ2v) is 10.5. The number of carbonyl (C=O) groups excluding carboxylic acids is 2. The van der Waals surface area contributed by atoms with Crippen LogP contribution in [-0.2, 0) is 13.5 Å². The fraction of sp³-hybridized carbons (Fsp3) is 0.281. The third kappa shape index (κ3) is 4.80. The van der Waals surface area contributed by atoms with Crippen LogP contribution in [0.4, 0.5) is 0 Å². The van der Waals surface area contributed by atoms with Gasteiger partial charge in [-0.15, -0.1) is 0 Å². The van der Waals surface area contributed by atoms with Gasteiger partial charge in [0.15, 0.2) is 0 Å². The smallest absolute Gasteiger partial charge is 0.256 e.